The Morgan fingerprint density at radius 2 is 1.97 bits per heavy atom. The van der Waals surface area contributed by atoms with Gasteiger partial charge in [-0.05, 0) is 36.2 Å². The Kier molecular flexibility index (Phi) is 6.65. The number of nitrogens with one attached hydrogen (secondary N) is 1. The first-order valence-electron chi connectivity index (χ1n) is 10.5. The number of aryl methyl sites for hydroxylation is 1. The molecule has 0 atom stereocenters. The minimum atomic E-state index is -4.38. The number of amides is 1. The summed E-state index contributed by atoms with van der Waals surface area (Å²) < 4.78 is 41.1. The number of aromatic nitrogens is 1. The second kappa shape index (κ2) is 9.62. The lowest BCUT2D eigenvalue weighted by atomic mass is 10.1. The Labute approximate surface area is 193 Å². The van der Waals surface area contributed by atoms with Crippen molar-refractivity contribution in [2.45, 2.75) is 32.5 Å². The molecule has 0 saturated carbocycles. The Bertz CT molecular complexity index is 1300. The second-order valence-electron chi connectivity index (χ2n) is 7.68. The molecule has 8 heteroatoms. The van der Waals surface area contributed by atoms with Crippen LogP contribution >= 0.6 is 11.3 Å². The van der Waals surface area contributed by atoms with Gasteiger partial charge in [0, 0.05) is 39.5 Å². The Balaban J connectivity index is 1.54. The summed E-state index contributed by atoms with van der Waals surface area (Å²) in [6.45, 7) is 2.37. The van der Waals surface area contributed by atoms with E-state index in [-0.39, 0.29) is 12.5 Å². The van der Waals surface area contributed by atoms with Gasteiger partial charge in [-0.1, -0.05) is 43.7 Å². The Hall–Kier alpha value is -3.39. The number of halogens is 3. The van der Waals surface area contributed by atoms with E-state index in [1.165, 1.54) is 6.07 Å². The lowest BCUT2D eigenvalue weighted by Gasteiger charge is -2.10. The molecule has 0 saturated heterocycles. The van der Waals surface area contributed by atoms with Crippen molar-refractivity contribution >= 4 is 34.4 Å². The number of para-hydroxylation sites is 1. The molecule has 0 bridgehead atoms. The summed E-state index contributed by atoms with van der Waals surface area (Å²) in [6, 6.07) is 14.8. The van der Waals surface area contributed by atoms with Gasteiger partial charge in [0.1, 0.15) is 0 Å². The number of fused-ring (bicyclic) bond motifs is 1. The average Bonchev–Trinajstić information content (AvgIpc) is 3.39. The third-order valence-electron chi connectivity index (χ3n) is 5.21. The number of carbonyl (C=O) groups is 1. The molecule has 1 amide bonds. The van der Waals surface area contributed by atoms with Crippen LogP contribution in [-0.2, 0) is 19.1 Å². The number of hydrazone groups is 1. The lowest BCUT2D eigenvalue weighted by Crippen LogP contribution is -2.16. The van der Waals surface area contributed by atoms with Crippen molar-refractivity contribution in [2.24, 2.45) is 5.10 Å². The van der Waals surface area contributed by atoms with Crippen molar-refractivity contribution in [3.05, 3.63) is 93.3 Å². The van der Waals surface area contributed by atoms with E-state index in [4.69, 9.17) is 0 Å². The van der Waals surface area contributed by atoms with Crippen molar-refractivity contribution in [3.63, 3.8) is 0 Å². The van der Waals surface area contributed by atoms with E-state index in [0.29, 0.717) is 11.1 Å². The van der Waals surface area contributed by atoms with Crippen molar-refractivity contribution < 1.29 is 18.0 Å². The Morgan fingerprint density at radius 1 is 1.15 bits per heavy atom. The van der Waals surface area contributed by atoms with Crippen molar-refractivity contribution in [1.82, 2.24) is 9.99 Å². The molecule has 0 spiro atoms. The van der Waals surface area contributed by atoms with Gasteiger partial charge in [0.25, 0.3) is 5.91 Å². The van der Waals surface area contributed by atoms with E-state index in [9.17, 15) is 18.0 Å². The van der Waals surface area contributed by atoms with Crippen LogP contribution in [-0.4, -0.2) is 16.7 Å². The predicted molar refractivity (Wildman–Crippen MR) is 126 cm³/mol. The van der Waals surface area contributed by atoms with E-state index in [2.05, 4.69) is 17.5 Å². The highest BCUT2D eigenvalue weighted by Crippen LogP contribution is 2.30. The maximum Gasteiger partial charge on any atom is 0.416 e. The molecule has 2 aromatic heterocycles. The van der Waals surface area contributed by atoms with E-state index < -0.39 is 11.7 Å². The fourth-order valence-electron chi connectivity index (χ4n) is 3.65. The van der Waals surface area contributed by atoms with Crippen LogP contribution < -0.4 is 5.43 Å². The van der Waals surface area contributed by atoms with Gasteiger partial charge in [0.15, 0.2) is 0 Å². The zero-order valence-electron chi connectivity index (χ0n) is 17.9. The highest BCUT2D eigenvalue weighted by molar-refractivity contribution is 7.10. The van der Waals surface area contributed by atoms with Crippen LogP contribution in [0.25, 0.3) is 10.9 Å². The van der Waals surface area contributed by atoms with Gasteiger partial charge in [-0.2, -0.15) is 18.3 Å². The standard InChI is InChI=1S/C25H22F3N3OS/c1-2-6-21-12-18(16-33-21)24(32)30-29-13-19-15-31(23-10-4-3-9-22(19)23)14-17-7-5-8-20(11-17)25(26,27)28/h3-5,7-13,15-16H,2,6,14H2,1H3,(H,30,32). The number of hydrogen-bond acceptors (Lipinski definition) is 3. The molecule has 0 aliphatic carbocycles. The maximum absolute atomic E-state index is 13.1. The van der Waals surface area contributed by atoms with Gasteiger partial charge in [-0.15, -0.1) is 11.3 Å². The molecule has 0 unspecified atom stereocenters. The monoisotopic (exact) mass is 469 g/mol. The highest BCUT2D eigenvalue weighted by atomic mass is 32.1. The molecule has 0 radical (unpaired) electrons. The van der Waals surface area contributed by atoms with Crippen LogP contribution in [0.15, 0.2) is 71.3 Å². The number of benzene rings is 2. The van der Waals surface area contributed by atoms with E-state index >= 15 is 0 Å². The van der Waals surface area contributed by atoms with Crippen LogP contribution in [0.4, 0.5) is 13.2 Å². The van der Waals surface area contributed by atoms with Crippen LogP contribution in [0.1, 0.15) is 45.3 Å². The van der Waals surface area contributed by atoms with Crippen LogP contribution in [0.5, 0.6) is 0 Å². The summed E-state index contributed by atoms with van der Waals surface area (Å²) >= 11 is 1.55. The number of thiophene rings is 1. The normalized spacial score (nSPS) is 12.0. The van der Waals surface area contributed by atoms with Gasteiger partial charge in [-0.25, -0.2) is 5.43 Å². The molecule has 0 aliphatic rings. The number of alkyl halides is 3. The van der Waals surface area contributed by atoms with Crippen LogP contribution in [0.2, 0.25) is 0 Å². The maximum atomic E-state index is 13.1. The lowest BCUT2D eigenvalue weighted by molar-refractivity contribution is -0.137. The summed E-state index contributed by atoms with van der Waals surface area (Å²) in [5.74, 6) is -0.280. The van der Waals surface area contributed by atoms with E-state index in [1.54, 1.807) is 23.6 Å². The molecule has 4 rings (SSSR count). The minimum absolute atomic E-state index is 0.278. The molecule has 33 heavy (non-hydrogen) atoms. The third kappa shape index (κ3) is 5.34. The summed E-state index contributed by atoms with van der Waals surface area (Å²) in [4.78, 5) is 13.5. The largest absolute Gasteiger partial charge is 0.416 e. The van der Waals surface area contributed by atoms with Gasteiger partial charge >= 0.3 is 6.18 Å². The summed E-state index contributed by atoms with van der Waals surface area (Å²) in [5.41, 5.74) is 4.63. The van der Waals surface area contributed by atoms with Crippen molar-refractivity contribution in [1.29, 1.82) is 0 Å². The average molecular weight is 470 g/mol. The fraction of sp³-hybridized carbons (Fsp3) is 0.200. The molecule has 2 aromatic carbocycles. The first kappa shape index (κ1) is 22.8. The smallest absolute Gasteiger partial charge is 0.342 e. The van der Waals surface area contributed by atoms with Gasteiger partial charge in [0.2, 0.25) is 0 Å². The molecule has 170 valence electrons. The first-order valence-corrected chi connectivity index (χ1v) is 11.4. The molecular weight excluding hydrogens is 447 g/mol. The highest BCUT2D eigenvalue weighted by Gasteiger charge is 2.30. The van der Waals surface area contributed by atoms with Gasteiger partial charge in [-0.3, -0.25) is 4.79 Å². The van der Waals surface area contributed by atoms with Gasteiger partial charge < -0.3 is 4.57 Å². The number of rotatable bonds is 7. The zero-order chi connectivity index (χ0) is 23.4. The number of carbonyl (C=O) groups excluding carboxylic acids is 1. The zero-order valence-corrected chi connectivity index (χ0v) is 18.7. The van der Waals surface area contributed by atoms with Crippen LogP contribution in [0, 0.1) is 0 Å². The quantitative estimate of drug-likeness (QED) is 0.244. The third-order valence-corrected chi connectivity index (χ3v) is 6.21. The van der Waals surface area contributed by atoms with Crippen LogP contribution in [0.3, 0.4) is 0 Å². The topological polar surface area (TPSA) is 46.4 Å². The molecule has 4 nitrogen and oxygen atoms in total. The SMILES string of the molecule is CCCc1cc(C(=O)NN=Cc2cn(Cc3cccc(C(F)(F)F)c3)c3ccccc23)cs1. The summed E-state index contributed by atoms with van der Waals surface area (Å²) in [6.07, 6.45) is 0.953. The molecule has 2 heterocycles. The first-order chi connectivity index (χ1) is 15.8. The second-order valence-corrected chi connectivity index (χ2v) is 8.67. The van der Waals surface area contributed by atoms with E-state index in [0.717, 1.165) is 46.3 Å². The van der Waals surface area contributed by atoms with E-state index in [1.807, 2.05) is 46.5 Å². The molecule has 0 aliphatic heterocycles. The summed E-state index contributed by atoms with van der Waals surface area (Å²) in [5, 5.41) is 6.82. The minimum Gasteiger partial charge on any atom is -0.342 e. The Morgan fingerprint density at radius 3 is 2.76 bits per heavy atom. The number of hydrogen-bond donors (Lipinski definition) is 1. The summed E-state index contributed by atoms with van der Waals surface area (Å²) in [7, 11) is 0. The number of nitrogens with zero attached hydrogens (tertiary/aromatic N) is 2. The fourth-order valence-corrected chi connectivity index (χ4v) is 4.62. The van der Waals surface area contributed by atoms with Crippen molar-refractivity contribution in [2.75, 3.05) is 0 Å². The molecule has 1 N–H and O–H groups in total. The molecule has 4 aromatic rings. The molecular formula is C25H22F3N3OS. The molecule has 0 fully saturated rings. The predicted octanol–water partition coefficient (Wildman–Crippen LogP) is 6.49. The van der Waals surface area contributed by atoms with Crippen molar-refractivity contribution in [3.8, 4) is 0 Å². The van der Waals surface area contributed by atoms with Gasteiger partial charge in [0.05, 0.1) is 17.3 Å².